The average molecular weight is 357 g/mol. The van der Waals surface area contributed by atoms with Gasteiger partial charge in [-0.25, -0.2) is 15.0 Å². The third-order valence-corrected chi connectivity index (χ3v) is 5.02. The van der Waals surface area contributed by atoms with Gasteiger partial charge in [0.05, 0.1) is 31.2 Å². The lowest BCUT2D eigenvalue weighted by Gasteiger charge is -2.34. The van der Waals surface area contributed by atoms with E-state index >= 15 is 0 Å². The number of carbonyl (C=O) groups is 1. The van der Waals surface area contributed by atoms with E-state index < -0.39 is 0 Å². The Morgan fingerprint density at radius 1 is 1.27 bits per heavy atom. The summed E-state index contributed by atoms with van der Waals surface area (Å²) in [6.07, 6.45) is 8.73. The second-order valence-electron chi connectivity index (χ2n) is 6.82. The molecule has 1 amide bonds. The van der Waals surface area contributed by atoms with Crippen LogP contribution in [0.25, 0.3) is 0 Å². The highest BCUT2D eigenvalue weighted by molar-refractivity contribution is 5.92. The molecule has 2 aliphatic rings. The normalized spacial score (nSPS) is 20.8. The van der Waals surface area contributed by atoms with Gasteiger partial charge in [-0.2, -0.15) is 0 Å². The van der Waals surface area contributed by atoms with Gasteiger partial charge in [-0.3, -0.25) is 4.79 Å². The molecular weight excluding hydrogens is 334 g/mol. The maximum Gasteiger partial charge on any atom is 0.272 e. The fourth-order valence-electron chi connectivity index (χ4n) is 3.54. The number of hydrogen-bond donors (Lipinski definition) is 0. The molecule has 0 radical (unpaired) electrons. The molecule has 138 valence electrons. The summed E-state index contributed by atoms with van der Waals surface area (Å²) in [5.41, 5.74) is 1.42. The summed E-state index contributed by atoms with van der Waals surface area (Å²) in [5, 5.41) is 0. The molecule has 1 saturated heterocycles. The highest BCUT2D eigenvalue weighted by Crippen LogP contribution is 2.23. The minimum absolute atomic E-state index is 0.0619. The van der Waals surface area contributed by atoms with E-state index in [4.69, 9.17) is 9.47 Å². The second-order valence-corrected chi connectivity index (χ2v) is 6.82. The number of carbonyl (C=O) groups excluding carboxylic acids is 1. The number of fused-ring (bicyclic) bond motifs is 1. The van der Waals surface area contributed by atoms with Gasteiger partial charge < -0.3 is 18.9 Å². The summed E-state index contributed by atoms with van der Waals surface area (Å²) in [6.45, 7) is 4.06. The third kappa shape index (κ3) is 3.76. The van der Waals surface area contributed by atoms with Crippen LogP contribution in [0.3, 0.4) is 0 Å². The summed E-state index contributed by atoms with van der Waals surface area (Å²) in [7, 11) is 0. The van der Waals surface area contributed by atoms with Gasteiger partial charge >= 0.3 is 0 Å². The molecule has 1 unspecified atom stereocenters. The van der Waals surface area contributed by atoms with E-state index in [0.717, 1.165) is 38.4 Å². The van der Waals surface area contributed by atoms with Crippen LogP contribution in [0.15, 0.2) is 31.1 Å². The van der Waals surface area contributed by atoms with Crippen molar-refractivity contribution in [2.75, 3.05) is 33.0 Å². The molecular formula is C18H23N5O3. The Kier molecular flexibility index (Phi) is 5.21. The van der Waals surface area contributed by atoms with Gasteiger partial charge in [-0.15, -0.1) is 0 Å². The molecule has 4 heterocycles. The topological polar surface area (TPSA) is 82.4 Å². The van der Waals surface area contributed by atoms with E-state index in [1.54, 1.807) is 12.3 Å². The van der Waals surface area contributed by atoms with E-state index in [9.17, 15) is 4.79 Å². The van der Waals surface area contributed by atoms with Gasteiger partial charge in [0, 0.05) is 38.8 Å². The van der Waals surface area contributed by atoms with E-state index in [-0.39, 0.29) is 11.9 Å². The van der Waals surface area contributed by atoms with Crippen molar-refractivity contribution >= 4 is 5.91 Å². The number of aromatic nitrogens is 4. The van der Waals surface area contributed by atoms with Crippen molar-refractivity contribution in [3.05, 3.63) is 42.5 Å². The molecule has 0 aromatic carbocycles. The van der Waals surface area contributed by atoms with Crippen LogP contribution in [0.2, 0.25) is 0 Å². The zero-order valence-corrected chi connectivity index (χ0v) is 14.7. The summed E-state index contributed by atoms with van der Waals surface area (Å²) in [5.74, 6) is 0.475. The fourth-order valence-corrected chi connectivity index (χ4v) is 3.54. The van der Waals surface area contributed by atoms with E-state index in [0.29, 0.717) is 31.3 Å². The quantitative estimate of drug-likeness (QED) is 0.802. The van der Waals surface area contributed by atoms with Crippen molar-refractivity contribution in [1.29, 1.82) is 0 Å². The highest BCUT2D eigenvalue weighted by atomic mass is 16.5. The molecule has 2 aromatic heterocycles. The van der Waals surface area contributed by atoms with Crippen molar-refractivity contribution in [2.45, 2.75) is 25.4 Å². The predicted octanol–water partition coefficient (Wildman–Crippen LogP) is 1.31. The van der Waals surface area contributed by atoms with Gasteiger partial charge in [0.25, 0.3) is 5.91 Å². The van der Waals surface area contributed by atoms with Crippen LogP contribution >= 0.6 is 0 Å². The molecule has 4 rings (SSSR count). The standard InChI is InChI=1S/C18H23N5O3/c24-18(17-1-4-19-12-21-17)22-8-15-7-20-13-23(15)16(9-22)11-26-10-14-2-5-25-6-3-14/h1,4,7,12-14,16H,2-3,5-6,8-11H2. The molecule has 26 heavy (non-hydrogen) atoms. The van der Waals surface area contributed by atoms with Crippen LogP contribution in [-0.2, 0) is 16.0 Å². The predicted molar refractivity (Wildman–Crippen MR) is 92.4 cm³/mol. The van der Waals surface area contributed by atoms with Crippen LogP contribution in [0.4, 0.5) is 0 Å². The van der Waals surface area contributed by atoms with Crippen LogP contribution in [0, 0.1) is 5.92 Å². The fraction of sp³-hybridized carbons (Fsp3) is 0.556. The van der Waals surface area contributed by atoms with Crippen molar-refractivity contribution in [3.63, 3.8) is 0 Å². The van der Waals surface area contributed by atoms with E-state index in [2.05, 4.69) is 19.5 Å². The molecule has 1 fully saturated rings. The molecule has 0 bridgehead atoms. The van der Waals surface area contributed by atoms with E-state index in [1.165, 1.54) is 6.33 Å². The molecule has 0 spiro atoms. The number of hydrogen-bond acceptors (Lipinski definition) is 6. The Labute approximate surface area is 152 Å². The first-order valence-corrected chi connectivity index (χ1v) is 9.02. The molecule has 0 saturated carbocycles. The van der Waals surface area contributed by atoms with E-state index in [1.807, 2.05) is 17.4 Å². The van der Waals surface area contributed by atoms with Crippen molar-refractivity contribution in [2.24, 2.45) is 5.92 Å². The lowest BCUT2D eigenvalue weighted by Crippen LogP contribution is -2.42. The monoisotopic (exact) mass is 357 g/mol. The molecule has 8 nitrogen and oxygen atoms in total. The lowest BCUT2D eigenvalue weighted by molar-refractivity contribution is 0.00595. The minimum atomic E-state index is -0.0886. The Morgan fingerprint density at radius 3 is 2.96 bits per heavy atom. The number of ether oxygens (including phenoxy) is 2. The molecule has 2 aromatic rings. The molecule has 0 aliphatic carbocycles. The van der Waals surface area contributed by atoms with Gasteiger partial charge in [0.15, 0.2) is 0 Å². The maximum atomic E-state index is 12.7. The number of nitrogens with zero attached hydrogens (tertiary/aromatic N) is 5. The smallest absolute Gasteiger partial charge is 0.272 e. The first-order chi connectivity index (χ1) is 12.8. The Bertz CT molecular complexity index is 729. The van der Waals surface area contributed by atoms with Crippen LogP contribution in [-0.4, -0.2) is 63.3 Å². The van der Waals surface area contributed by atoms with Gasteiger partial charge in [-0.1, -0.05) is 0 Å². The Morgan fingerprint density at radius 2 is 2.15 bits per heavy atom. The zero-order chi connectivity index (χ0) is 17.8. The third-order valence-electron chi connectivity index (χ3n) is 5.02. The largest absolute Gasteiger partial charge is 0.381 e. The van der Waals surface area contributed by atoms with Crippen molar-refractivity contribution in [1.82, 2.24) is 24.4 Å². The molecule has 1 atom stereocenters. The van der Waals surface area contributed by atoms with Gasteiger partial charge in [0.2, 0.25) is 0 Å². The summed E-state index contributed by atoms with van der Waals surface area (Å²) < 4.78 is 13.5. The molecule has 2 aliphatic heterocycles. The maximum absolute atomic E-state index is 12.7. The van der Waals surface area contributed by atoms with Crippen molar-refractivity contribution in [3.8, 4) is 0 Å². The van der Waals surface area contributed by atoms with Gasteiger partial charge in [-0.05, 0) is 24.8 Å². The Balaban J connectivity index is 1.40. The number of amides is 1. The zero-order valence-electron chi connectivity index (χ0n) is 14.7. The van der Waals surface area contributed by atoms with Crippen LogP contribution in [0.1, 0.15) is 35.1 Å². The second kappa shape index (κ2) is 7.92. The first kappa shape index (κ1) is 17.1. The average Bonchev–Trinajstić information content (AvgIpc) is 3.18. The minimum Gasteiger partial charge on any atom is -0.381 e. The summed E-state index contributed by atoms with van der Waals surface area (Å²) in [6, 6.07) is 1.71. The number of imidazole rings is 1. The summed E-state index contributed by atoms with van der Waals surface area (Å²) in [4.78, 5) is 26.8. The van der Waals surface area contributed by atoms with Crippen molar-refractivity contribution < 1.29 is 14.3 Å². The molecule has 8 heteroatoms. The van der Waals surface area contributed by atoms with Gasteiger partial charge in [0.1, 0.15) is 12.0 Å². The SMILES string of the molecule is O=C(c1ccncn1)N1Cc2cncn2C(COCC2CCOCC2)C1. The molecule has 0 N–H and O–H groups in total. The summed E-state index contributed by atoms with van der Waals surface area (Å²) >= 11 is 0. The lowest BCUT2D eigenvalue weighted by atomic mass is 10.0. The first-order valence-electron chi connectivity index (χ1n) is 9.02. The number of rotatable bonds is 5. The van der Waals surface area contributed by atoms with Crippen LogP contribution in [0.5, 0.6) is 0 Å². The Hall–Kier alpha value is -2.32. The highest BCUT2D eigenvalue weighted by Gasteiger charge is 2.29. The van der Waals surface area contributed by atoms with Crippen LogP contribution < -0.4 is 0 Å².